The van der Waals surface area contributed by atoms with E-state index < -0.39 is 0 Å². The topological polar surface area (TPSA) is 73.6 Å². The molecule has 0 amide bonds. The van der Waals surface area contributed by atoms with Crippen molar-refractivity contribution in [3.63, 3.8) is 0 Å². The number of anilines is 1. The smallest absolute Gasteiger partial charge is 0.181 e. The largest absolute Gasteiger partial charge is 0.399 e. The molecule has 0 saturated carbocycles. The van der Waals surface area contributed by atoms with Gasteiger partial charge in [0.2, 0.25) is 0 Å². The molecular formula is C8H6FN3. The summed E-state index contributed by atoms with van der Waals surface area (Å²) in [6.45, 7) is 0. The number of hydrogen-bond acceptors (Lipinski definition) is 3. The van der Waals surface area contributed by atoms with Gasteiger partial charge in [-0.25, -0.2) is 4.39 Å². The van der Waals surface area contributed by atoms with Crippen LogP contribution in [0.5, 0.6) is 0 Å². The molecule has 1 aromatic rings. The summed E-state index contributed by atoms with van der Waals surface area (Å²) in [7, 11) is 0. The van der Waals surface area contributed by atoms with Crippen LogP contribution in [0.4, 0.5) is 10.1 Å². The van der Waals surface area contributed by atoms with Crippen LogP contribution in [-0.4, -0.2) is 0 Å². The Morgan fingerprint density at radius 3 is 2.08 bits per heavy atom. The normalized spacial score (nSPS) is 6.92. The van der Waals surface area contributed by atoms with Gasteiger partial charge < -0.3 is 5.73 Å². The molecule has 12 heavy (non-hydrogen) atoms. The van der Waals surface area contributed by atoms with E-state index in [2.05, 4.69) is 0 Å². The van der Waals surface area contributed by atoms with E-state index in [1.165, 1.54) is 24.3 Å². The molecule has 0 bridgehead atoms. The molecule has 0 radical (unpaired) electrons. The van der Waals surface area contributed by atoms with E-state index in [1.54, 1.807) is 12.1 Å². The van der Waals surface area contributed by atoms with E-state index in [0.29, 0.717) is 5.69 Å². The summed E-state index contributed by atoms with van der Waals surface area (Å²) < 4.78 is 12.1. The Kier molecular flexibility index (Phi) is 4.71. The molecule has 0 saturated heterocycles. The maximum atomic E-state index is 12.1. The summed E-state index contributed by atoms with van der Waals surface area (Å²) in [4.78, 5) is 0. The molecule has 3 nitrogen and oxygen atoms in total. The third-order valence-electron chi connectivity index (χ3n) is 0.899. The molecule has 1 aromatic carbocycles. The first-order chi connectivity index (χ1) is 5.70. The van der Waals surface area contributed by atoms with Crippen LogP contribution in [0.2, 0.25) is 0 Å². The molecule has 0 aliphatic heterocycles. The molecule has 4 heteroatoms. The molecule has 0 heterocycles. The zero-order valence-corrected chi connectivity index (χ0v) is 6.16. The molecule has 0 aliphatic carbocycles. The fourth-order valence-corrected chi connectivity index (χ4v) is 0.507. The quantitative estimate of drug-likeness (QED) is 0.588. The summed E-state index contributed by atoms with van der Waals surface area (Å²) in [5, 5.41) is 14.5. The maximum Gasteiger partial charge on any atom is 0.181 e. The van der Waals surface area contributed by atoms with Gasteiger partial charge in [-0.1, -0.05) is 6.07 Å². The summed E-state index contributed by atoms with van der Waals surface area (Å²) in [5.41, 5.74) is 5.68. The molecule has 1 rings (SSSR count). The van der Waals surface area contributed by atoms with Gasteiger partial charge >= 0.3 is 0 Å². The number of benzene rings is 1. The van der Waals surface area contributed by atoms with E-state index in [-0.39, 0.29) is 5.82 Å². The van der Waals surface area contributed by atoms with Gasteiger partial charge in [0.1, 0.15) is 5.82 Å². The Morgan fingerprint density at radius 1 is 1.25 bits per heavy atom. The number of nitriles is 2. The van der Waals surface area contributed by atoms with Crippen LogP contribution < -0.4 is 5.73 Å². The minimum absolute atomic E-state index is 0.287. The standard InChI is InChI=1S/C6H6FN.C2N2/c7-5-2-1-3-6(8)4-5;3-1-2-4/h1-4H,8H2;. The predicted octanol–water partition coefficient (Wildman–Crippen LogP) is 1.44. The molecule has 0 aliphatic rings. The Morgan fingerprint density at radius 2 is 1.83 bits per heavy atom. The van der Waals surface area contributed by atoms with Gasteiger partial charge in [-0.05, 0) is 18.2 Å². The van der Waals surface area contributed by atoms with Crippen molar-refractivity contribution in [2.24, 2.45) is 0 Å². The van der Waals surface area contributed by atoms with Crippen LogP contribution in [0.15, 0.2) is 24.3 Å². The minimum Gasteiger partial charge on any atom is -0.399 e. The minimum atomic E-state index is -0.287. The third-order valence-corrected chi connectivity index (χ3v) is 0.899. The van der Waals surface area contributed by atoms with Gasteiger partial charge in [-0.2, -0.15) is 10.5 Å². The first-order valence-electron chi connectivity index (χ1n) is 3.00. The lowest BCUT2D eigenvalue weighted by Gasteiger charge is -1.88. The van der Waals surface area contributed by atoms with Gasteiger partial charge in [0.05, 0.1) is 0 Å². The van der Waals surface area contributed by atoms with Crippen LogP contribution in [-0.2, 0) is 0 Å². The lowest BCUT2D eigenvalue weighted by molar-refractivity contribution is 0.628. The highest BCUT2D eigenvalue weighted by Gasteiger charge is 1.85. The van der Waals surface area contributed by atoms with Crippen LogP contribution in [0.25, 0.3) is 0 Å². The molecule has 0 fully saturated rings. The second-order valence-corrected chi connectivity index (χ2v) is 1.78. The Hall–Kier alpha value is -2.07. The number of nitrogens with zero attached hydrogens (tertiary/aromatic N) is 2. The highest BCUT2D eigenvalue weighted by Crippen LogP contribution is 2.02. The number of nitrogens with two attached hydrogens (primary N) is 1. The van der Waals surface area contributed by atoms with Crippen molar-refractivity contribution >= 4 is 5.69 Å². The van der Waals surface area contributed by atoms with Crippen LogP contribution >= 0.6 is 0 Å². The summed E-state index contributed by atoms with van der Waals surface area (Å²) in [5.74, 6) is -0.287. The average Bonchev–Trinajstić information content (AvgIpc) is 2.04. The summed E-state index contributed by atoms with van der Waals surface area (Å²) >= 11 is 0. The number of nitrogen functional groups attached to an aromatic ring is 1. The molecule has 0 atom stereocenters. The summed E-state index contributed by atoms with van der Waals surface area (Å²) in [6.07, 6.45) is 0. The molecule has 60 valence electrons. The van der Waals surface area contributed by atoms with Crippen LogP contribution in [0.3, 0.4) is 0 Å². The molecular weight excluding hydrogens is 157 g/mol. The second-order valence-electron chi connectivity index (χ2n) is 1.78. The van der Waals surface area contributed by atoms with Gasteiger partial charge in [-0.15, -0.1) is 0 Å². The third kappa shape index (κ3) is 4.78. The Labute approximate surface area is 69.5 Å². The van der Waals surface area contributed by atoms with E-state index in [1.807, 2.05) is 0 Å². The van der Waals surface area contributed by atoms with Crippen LogP contribution in [0, 0.1) is 28.5 Å². The number of rotatable bonds is 0. The van der Waals surface area contributed by atoms with Crippen molar-refractivity contribution in [1.82, 2.24) is 0 Å². The Balaban J connectivity index is 0.000000261. The fraction of sp³-hybridized carbons (Fsp3) is 0. The number of hydrogen-bond donors (Lipinski definition) is 1. The highest BCUT2D eigenvalue weighted by atomic mass is 19.1. The monoisotopic (exact) mass is 163 g/mol. The molecule has 0 spiro atoms. The van der Waals surface area contributed by atoms with Crippen molar-refractivity contribution in [3.05, 3.63) is 30.1 Å². The zero-order valence-electron chi connectivity index (χ0n) is 6.16. The molecule has 0 unspecified atom stereocenters. The average molecular weight is 163 g/mol. The van der Waals surface area contributed by atoms with Gasteiger partial charge in [-0.3, -0.25) is 0 Å². The van der Waals surface area contributed by atoms with Crippen molar-refractivity contribution in [3.8, 4) is 12.1 Å². The fourth-order valence-electron chi connectivity index (χ4n) is 0.507. The van der Waals surface area contributed by atoms with Gasteiger partial charge in [0.15, 0.2) is 12.1 Å². The van der Waals surface area contributed by atoms with Crippen molar-refractivity contribution < 1.29 is 4.39 Å². The number of halogens is 1. The predicted molar refractivity (Wildman–Crippen MR) is 42.0 cm³/mol. The van der Waals surface area contributed by atoms with Crippen LogP contribution in [0.1, 0.15) is 0 Å². The summed E-state index contributed by atoms with van der Waals surface area (Å²) in [6, 6.07) is 8.32. The first-order valence-corrected chi connectivity index (χ1v) is 3.00. The van der Waals surface area contributed by atoms with Crippen molar-refractivity contribution in [2.75, 3.05) is 5.73 Å². The van der Waals surface area contributed by atoms with Gasteiger partial charge in [0.25, 0.3) is 0 Å². The SMILES string of the molecule is N#CC#N.Nc1cccc(F)c1. The second kappa shape index (κ2) is 5.70. The zero-order chi connectivity index (χ0) is 9.40. The molecule has 0 aromatic heterocycles. The lowest BCUT2D eigenvalue weighted by Crippen LogP contribution is -1.83. The maximum absolute atomic E-state index is 12.1. The first kappa shape index (κ1) is 9.93. The van der Waals surface area contributed by atoms with E-state index in [0.717, 1.165) is 0 Å². The van der Waals surface area contributed by atoms with Crippen molar-refractivity contribution in [2.45, 2.75) is 0 Å². The van der Waals surface area contributed by atoms with E-state index in [4.69, 9.17) is 16.3 Å². The van der Waals surface area contributed by atoms with Crippen molar-refractivity contribution in [1.29, 1.82) is 10.5 Å². The van der Waals surface area contributed by atoms with E-state index >= 15 is 0 Å². The molecule has 2 N–H and O–H groups in total. The lowest BCUT2D eigenvalue weighted by atomic mass is 10.3. The Bertz CT molecular complexity index is 293. The van der Waals surface area contributed by atoms with E-state index in [9.17, 15) is 4.39 Å². The highest BCUT2D eigenvalue weighted by molar-refractivity contribution is 5.36. The van der Waals surface area contributed by atoms with Gasteiger partial charge in [0, 0.05) is 5.69 Å².